The van der Waals surface area contributed by atoms with Crippen LogP contribution in [0.1, 0.15) is 95.4 Å². The van der Waals surface area contributed by atoms with Crippen LogP contribution in [-0.2, 0) is 28.7 Å². The lowest BCUT2D eigenvalue weighted by atomic mass is 9.94. The fourth-order valence-corrected chi connectivity index (χ4v) is 4.33. The number of nitrogens with two attached hydrogens (primary N) is 1. The van der Waals surface area contributed by atoms with Gasteiger partial charge in [-0.05, 0) is 57.7 Å². The number of esters is 1. The number of unbranched alkanes of at least 4 members (excludes halogenated alkanes) is 5. The second-order valence-corrected chi connectivity index (χ2v) is 11.2. The van der Waals surface area contributed by atoms with Gasteiger partial charge >= 0.3 is 12.1 Å². The number of amides is 4. The summed E-state index contributed by atoms with van der Waals surface area (Å²) in [4.78, 5) is 65.6. The Balaban J connectivity index is 3.55. The fraction of sp³-hybridized carbons (Fsp3) is 0.633. The van der Waals surface area contributed by atoms with Crippen molar-refractivity contribution < 1.29 is 33.4 Å². The highest BCUT2D eigenvalue weighted by atomic mass is 16.6. The van der Waals surface area contributed by atoms with E-state index in [-0.39, 0.29) is 6.54 Å². The Morgan fingerprint density at radius 2 is 1.63 bits per heavy atom. The van der Waals surface area contributed by atoms with E-state index in [0.717, 1.165) is 43.2 Å². The summed E-state index contributed by atoms with van der Waals surface area (Å²) in [6.07, 6.45) is 4.21. The van der Waals surface area contributed by atoms with Crippen LogP contribution in [0.15, 0.2) is 18.2 Å². The quantitative estimate of drug-likeness (QED) is 0.200. The topological polar surface area (TPSA) is 157 Å². The normalized spacial score (nSPS) is 12.6. The lowest BCUT2D eigenvalue weighted by Crippen LogP contribution is -2.54. The van der Waals surface area contributed by atoms with Crippen LogP contribution in [0.2, 0.25) is 0 Å². The Morgan fingerprint density at radius 3 is 2.22 bits per heavy atom. The number of benzene rings is 1. The number of carbonyl (C=O) groups excluding carboxylic acids is 5. The molecule has 0 aliphatic carbocycles. The Morgan fingerprint density at radius 1 is 1.00 bits per heavy atom. The van der Waals surface area contributed by atoms with E-state index in [1.54, 1.807) is 32.9 Å². The van der Waals surface area contributed by atoms with Gasteiger partial charge in [0.05, 0.1) is 13.5 Å². The highest BCUT2D eigenvalue weighted by Gasteiger charge is 2.37. The van der Waals surface area contributed by atoms with E-state index in [0.29, 0.717) is 12.0 Å². The average molecular weight is 577 g/mol. The van der Waals surface area contributed by atoms with Gasteiger partial charge in [0.25, 0.3) is 0 Å². The Labute approximate surface area is 243 Å². The van der Waals surface area contributed by atoms with Crippen molar-refractivity contribution in [1.29, 1.82) is 0 Å². The van der Waals surface area contributed by atoms with E-state index in [1.165, 1.54) is 12.0 Å². The van der Waals surface area contributed by atoms with Gasteiger partial charge in [-0.3, -0.25) is 19.2 Å². The van der Waals surface area contributed by atoms with Gasteiger partial charge in [0.1, 0.15) is 24.2 Å². The molecule has 11 heteroatoms. The van der Waals surface area contributed by atoms with Crippen LogP contribution in [-0.4, -0.2) is 66.5 Å². The number of carbonyl (C=O) groups is 5. The summed E-state index contributed by atoms with van der Waals surface area (Å²) in [6.45, 7) is 10.6. The number of alkyl carbamates (subject to hydrolysis) is 1. The summed E-state index contributed by atoms with van der Waals surface area (Å²) in [7, 11) is 1.21. The maximum Gasteiger partial charge on any atom is 0.408 e. The monoisotopic (exact) mass is 576 g/mol. The third-order valence-corrected chi connectivity index (χ3v) is 6.57. The van der Waals surface area contributed by atoms with Crippen molar-refractivity contribution in [2.45, 2.75) is 104 Å². The highest BCUT2D eigenvalue weighted by molar-refractivity contribution is 5.95. The van der Waals surface area contributed by atoms with Crippen molar-refractivity contribution in [3.63, 3.8) is 0 Å². The number of aryl methyl sites for hydroxylation is 1. The summed E-state index contributed by atoms with van der Waals surface area (Å²) in [5.74, 6) is -2.72. The third-order valence-electron chi connectivity index (χ3n) is 6.57. The number of methoxy groups -OCH3 is 1. The second kappa shape index (κ2) is 17.2. The molecule has 0 saturated carbocycles. The number of ether oxygens (including phenoxy) is 2. The molecule has 1 aromatic carbocycles. The van der Waals surface area contributed by atoms with E-state index in [2.05, 4.69) is 22.3 Å². The molecule has 0 saturated heterocycles. The molecule has 11 nitrogen and oxygen atoms in total. The molecule has 230 valence electrons. The zero-order chi connectivity index (χ0) is 31.2. The summed E-state index contributed by atoms with van der Waals surface area (Å²) in [5, 5.41) is 5.05. The van der Waals surface area contributed by atoms with Crippen molar-refractivity contribution in [2.24, 2.45) is 5.73 Å². The summed E-state index contributed by atoms with van der Waals surface area (Å²) in [6, 6.07) is 2.89. The third kappa shape index (κ3) is 12.6. The SMILES string of the molecule is CCCCCCCCN(C(=O)C(CC(N)=O)NC(=O)OC(C)(C)C)C(C(=O)NCC(=O)OC)c1cccc(C)c1C. The van der Waals surface area contributed by atoms with Crippen LogP contribution in [0, 0.1) is 13.8 Å². The van der Waals surface area contributed by atoms with Crippen LogP contribution < -0.4 is 16.4 Å². The van der Waals surface area contributed by atoms with Crippen LogP contribution in [0.4, 0.5) is 4.79 Å². The van der Waals surface area contributed by atoms with Crippen LogP contribution in [0.3, 0.4) is 0 Å². The summed E-state index contributed by atoms with van der Waals surface area (Å²) < 4.78 is 9.98. The molecule has 0 bridgehead atoms. The molecule has 2 unspecified atom stereocenters. The lowest BCUT2D eigenvalue weighted by Gasteiger charge is -2.35. The Hall–Kier alpha value is -3.63. The fourth-order valence-electron chi connectivity index (χ4n) is 4.33. The van der Waals surface area contributed by atoms with E-state index >= 15 is 0 Å². The zero-order valence-electron chi connectivity index (χ0n) is 25.6. The Kier molecular flexibility index (Phi) is 14.9. The van der Waals surface area contributed by atoms with Crippen LogP contribution in [0.5, 0.6) is 0 Å². The summed E-state index contributed by atoms with van der Waals surface area (Å²) in [5.41, 5.74) is 6.86. The van der Waals surface area contributed by atoms with Crippen molar-refractivity contribution in [1.82, 2.24) is 15.5 Å². The number of primary amides is 1. The van der Waals surface area contributed by atoms with Gasteiger partial charge in [0, 0.05) is 6.54 Å². The Bertz CT molecular complexity index is 1050. The standard InChI is InChI=1S/C30H48N4O7/c1-8-9-10-11-12-13-17-34(28(38)23(18-24(31)35)33-29(39)41-30(4,5)6)26(27(37)32-19-25(36)40-7)22-16-14-15-20(2)21(22)3/h14-16,23,26H,8-13,17-19H2,1-7H3,(H2,31,35)(H,32,37)(H,33,39). The smallest absolute Gasteiger partial charge is 0.408 e. The predicted molar refractivity (Wildman–Crippen MR) is 156 cm³/mol. The van der Waals surface area contributed by atoms with E-state index in [4.69, 9.17) is 10.5 Å². The predicted octanol–water partition coefficient (Wildman–Crippen LogP) is 3.59. The number of rotatable bonds is 16. The molecular formula is C30H48N4O7. The largest absolute Gasteiger partial charge is 0.468 e. The number of nitrogens with zero attached hydrogens (tertiary/aromatic N) is 1. The van der Waals surface area contributed by atoms with Gasteiger partial charge in [-0.2, -0.15) is 0 Å². The number of nitrogens with one attached hydrogen (secondary N) is 2. The van der Waals surface area contributed by atoms with Crippen LogP contribution in [0.25, 0.3) is 0 Å². The van der Waals surface area contributed by atoms with Crippen LogP contribution >= 0.6 is 0 Å². The average Bonchev–Trinajstić information content (AvgIpc) is 2.88. The molecule has 4 amide bonds. The molecule has 1 rings (SSSR count). The first-order valence-electron chi connectivity index (χ1n) is 14.2. The zero-order valence-corrected chi connectivity index (χ0v) is 25.6. The first-order chi connectivity index (χ1) is 19.2. The number of hydrogen-bond donors (Lipinski definition) is 3. The summed E-state index contributed by atoms with van der Waals surface area (Å²) >= 11 is 0. The molecule has 0 aliphatic heterocycles. The minimum absolute atomic E-state index is 0.167. The first kappa shape index (κ1) is 35.4. The molecule has 0 aromatic heterocycles. The number of hydrogen-bond acceptors (Lipinski definition) is 7. The molecule has 0 spiro atoms. The van der Waals surface area contributed by atoms with Gasteiger partial charge < -0.3 is 30.7 Å². The van der Waals surface area contributed by atoms with Crippen molar-refractivity contribution in [3.8, 4) is 0 Å². The maximum atomic E-state index is 14.1. The van der Waals surface area contributed by atoms with Gasteiger partial charge in [-0.1, -0.05) is 57.2 Å². The molecule has 41 heavy (non-hydrogen) atoms. The maximum absolute atomic E-state index is 14.1. The van der Waals surface area contributed by atoms with Gasteiger partial charge in [0.15, 0.2) is 0 Å². The molecule has 0 radical (unpaired) electrons. The lowest BCUT2D eigenvalue weighted by molar-refractivity contribution is -0.145. The minimum atomic E-state index is -1.37. The minimum Gasteiger partial charge on any atom is -0.468 e. The molecule has 0 fully saturated rings. The van der Waals surface area contributed by atoms with Gasteiger partial charge in [0.2, 0.25) is 17.7 Å². The second-order valence-electron chi connectivity index (χ2n) is 11.2. The van der Waals surface area contributed by atoms with Gasteiger partial charge in [-0.15, -0.1) is 0 Å². The van der Waals surface area contributed by atoms with Crippen molar-refractivity contribution in [3.05, 3.63) is 34.9 Å². The van der Waals surface area contributed by atoms with Crippen molar-refractivity contribution in [2.75, 3.05) is 20.2 Å². The highest BCUT2D eigenvalue weighted by Crippen LogP contribution is 2.28. The van der Waals surface area contributed by atoms with E-state index in [1.807, 2.05) is 19.9 Å². The first-order valence-corrected chi connectivity index (χ1v) is 14.2. The molecule has 2 atom stereocenters. The van der Waals surface area contributed by atoms with E-state index in [9.17, 15) is 24.0 Å². The van der Waals surface area contributed by atoms with Gasteiger partial charge in [-0.25, -0.2) is 4.79 Å². The molecule has 4 N–H and O–H groups in total. The molecule has 0 aliphatic rings. The van der Waals surface area contributed by atoms with Crippen molar-refractivity contribution >= 4 is 29.8 Å². The van der Waals surface area contributed by atoms with E-state index < -0.39 is 60.4 Å². The molecule has 0 heterocycles. The molecular weight excluding hydrogens is 528 g/mol. The molecule has 1 aromatic rings.